The summed E-state index contributed by atoms with van der Waals surface area (Å²) >= 11 is 0. The summed E-state index contributed by atoms with van der Waals surface area (Å²) in [6.07, 6.45) is 2.93. The van der Waals surface area contributed by atoms with E-state index in [9.17, 15) is 4.79 Å². The molecule has 3 rings (SSSR count). The monoisotopic (exact) mass is 302 g/mol. The second kappa shape index (κ2) is 6.39. The summed E-state index contributed by atoms with van der Waals surface area (Å²) in [5.41, 5.74) is 2.42. The van der Waals surface area contributed by atoms with E-state index in [2.05, 4.69) is 48.3 Å². The van der Waals surface area contributed by atoms with Crippen LogP contribution in [-0.4, -0.2) is 43.2 Å². The summed E-state index contributed by atoms with van der Waals surface area (Å²) in [5, 5.41) is 3.35. The summed E-state index contributed by atoms with van der Waals surface area (Å²) < 4.78 is 5.40. The Morgan fingerprint density at radius 3 is 2.59 bits per heavy atom. The summed E-state index contributed by atoms with van der Waals surface area (Å²) in [6.45, 7) is 7.37. The first-order chi connectivity index (χ1) is 10.7. The lowest BCUT2D eigenvalue weighted by molar-refractivity contribution is -0.129. The molecule has 1 amide bonds. The molecular weight excluding hydrogens is 276 g/mol. The molecule has 1 unspecified atom stereocenters. The fraction of sp³-hybridized carbons (Fsp3) is 0.611. The van der Waals surface area contributed by atoms with Crippen LogP contribution in [0.1, 0.15) is 37.3 Å². The number of aryl methyl sites for hydroxylation is 1. The van der Waals surface area contributed by atoms with Crippen molar-refractivity contribution in [2.75, 3.05) is 26.3 Å². The topological polar surface area (TPSA) is 41.6 Å². The molecule has 1 saturated carbocycles. The fourth-order valence-corrected chi connectivity index (χ4v) is 3.51. The van der Waals surface area contributed by atoms with Gasteiger partial charge < -0.3 is 10.1 Å². The van der Waals surface area contributed by atoms with E-state index >= 15 is 0 Å². The third-order valence-corrected chi connectivity index (χ3v) is 4.95. The molecule has 4 nitrogen and oxygen atoms in total. The predicted octanol–water partition coefficient (Wildman–Crippen LogP) is 2.21. The largest absolute Gasteiger partial charge is 0.379 e. The van der Waals surface area contributed by atoms with Gasteiger partial charge in [0.25, 0.3) is 0 Å². The minimum Gasteiger partial charge on any atom is -0.379 e. The first kappa shape index (κ1) is 15.5. The molecule has 0 radical (unpaired) electrons. The summed E-state index contributed by atoms with van der Waals surface area (Å²) in [7, 11) is 0. The molecule has 1 aromatic carbocycles. The molecule has 2 aliphatic rings. The van der Waals surface area contributed by atoms with Crippen LogP contribution >= 0.6 is 0 Å². The van der Waals surface area contributed by atoms with E-state index in [0.29, 0.717) is 0 Å². The van der Waals surface area contributed by atoms with E-state index in [4.69, 9.17) is 4.74 Å². The summed E-state index contributed by atoms with van der Waals surface area (Å²) in [6, 6.07) is 8.36. The first-order valence-corrected chi connectivity index (χ1v) is 8.36. The molecule has 1 N–H and O–H groups in total. The molecule has 2 fully saturated rings. The maximum atomic E-state index is 12.8. The Morgan fingerprint density at radius 1 is 1.32 bits per heavy atom. The summed E-state index contributed by atoms with van der Waals surface area (Å²) in [4.78, 5) is 15.1. The molecule has 0 bridgehead atoms. The Hall–Kier alpha value is -1.39. The maximum Gasteiger partial charge on any atom is 0.238 e. The van der Waals surface area contributed by atoms with Crippen LogP contribution in [0.2, 0.25) is 0 Å². The van der Waals surface area contributed by atoms with Crippen molar-refractivity contribution in [2.24, 2.45) is 0 Å². The number of amides is 1. The minimum atomic E-state index is -0.123. The number of hydrogen-bond acceptors (Lipinski definition) is 3. The minimum absolute atomic E-state index is 0.0367. The van der Waals surface area contributed by atoms with E-state index in [0.717, 1.165) is 45.6 Å². The Labute approximate surface area is 132 Å². The van der Waals surface area contributed by atoms with Crippen molar-refractivity contribution in [3.8, 4) is 0 Å². The predicted molar refractivity (Wildman–Crippen MR) is 86.7 cm³/mol. The van der Waals surface area contributed by atoms with Crippen LogP contribution in [0.25, 0.3) is 0 Å². The SMILES string of the molecule is CCC(C(=O)NC1(c2ccccc2C)CC1)N1CCOCC1. The number of ether oxygens (including phenoxy) is 1. The fourth-order valence-electron chi connectivity index (χ4n) is 3.51. The summed E-state index contributed by atoms with van der Waals surface area (Å²) in [5.74, 6) is 0.171. The van der Waals surface area contributed by atoms with Gasteiger partial charge in [-0.15, -0.1) is 0 Å². The molecule has 1 aliphatic carbocycles. The Balaban J connectivity index is 1.71. The number of nitrogens with one attached hydrogen (secondary N) is 1. The number of hydrogen-bond donors (Lipinski definition) is 1. The van der Waals surface area contributed by atoms with Gasteiger partial charge in [-0.2, -0.15) is 0 Å². The zero-order chi connectivity index (χ0) is 15.6. The molecule has 1 aliphatic heterocycles. The first-order valence-electron chi connectivity index (χ1n) is 8.36. The molecular formula is C18H26N2O2. The van der Waals surface area contributed by atoms with Crippen LogP contribution in [0.4, 0.5) is 0 Å². The van der Waals surface area contributed by atoms with Crippen LogP contribution in [0.5, 0.6) is 0 Å². The number of rotatable bonds is 5. The van der Waals surface area contributed by atoms with Crippen molar-refractivity contribution in [1.29, 1.82) is 0 Å². The van der Waals surface area contributed by atoms with Crippen LogP contribution in [0.3, 0.4) is 0 Å². The lowest BCUT2D eigenvalue weighted by atomic mass is 9.98. The third-order valence-electron chi connectivity index (χ3n) is 4.95. The average molecular weight is 302 g/mol. The molecule has 22 heavy (non-hydrogen) atoms. The Kier molecular flexibility index (Phi) is 4.50. The molecule has 1 aromatic rings. The molecule has 4 heteroatoms. The van der Waals surface area contributed by atoms with Gasteiger partial charge in [-0.25, -0.2) is 0 Å². The average Bonchev–Trinajstić information content (AvgIpc) is 3.30. The highest BCUT2D eigenvalue weighted by Gasteiger charge is 2.47. The van der Waals surface area contributed by atoms with Crippen molar-refractivity contribution < 1.29 is 9.53 Å². The highest BCUT2D eigenvalue weighted by molar-refractivity contribution is 5.83. The Morgan fingerprint density at radius 2 is 2.00 bits per heavy atom. The molecule has 1 heterocycles. The van der Waals surface area contributed by atoms with Gasteiger partial charge in [-0.3, -0.25) is 9.69 Å². The Bertz CT molecular complexity index is 534. The molecule has 0 spiro atoms. The van der Waals surface area contributed by atoms with Gasteiger partial charge in [-0.1, -0.05) is 31.2 Å². The van der Waals surface area contributed by atoms with Gasteiger partial charge in [0, 0.05) is 13.1 Å². The smallest absolute Gasteiger partial charge is 0.238 e. The van der Waals surface area contributed by atoms with Crippen LogP contribution in [0, 0.1) is 6.92 Å². The highest BCUT2D eigenvalue weighted by Crippen LogP contribution is 2.46. The van der Waals surface area contributed by atoms with Crippen molar-refractivity contribution in [2.45, 2.75) is 44.7 Å². The lowest BCUT2D eigenvalue weighted by Gasteiger charge is -2.34. The van der Waals surface area contributed by atoms with E-state index in [-0.39, 0.29) is 17.5 Å². The van der Waals surface area contributed by atoms with E-state index in [1.54, 1.807) is 0 Å². The maximum absolute atomic E-state index is 12.8. The van der Waals surface area contributed by atoms with E-state index in [1.807, 2.05) is 0 Å². The molecule has 1 atom stereocenters. The van der Waals surface area contributed by atoms with Crippen molar-refractivity contribution in [1.82, 2.24) is 10.2 Å². The van der Waals surface area contributed by atoms with Gasteiger partial charge in [0.1, 0.15) is 0 Å². The van der Waals surface area contributed by atoms with Crippen molar-refractivity contribution in [3.05, 3.63) is 35.4 Å². The zero-order valence-corrected chi connectivity index (χ0v) is 13.6. The lowest BCUT2D eigenvalue weighted by Crippen LogP contribution is -2.52. The van der Waals surface area contributed by atoms with Crippen LogP contribution < -0.4 is 5.32 Å². The third kappa shape index (κ3) is 3.03. The van der Waals surface area contributed by atoms with Gasteiger partial charge in [-0.05, 0) is 37.3 Å². The number of carbonyl (C=O) groups is 1. The number of carbonyl (C=O) groups excluding carboxylic acids is 1. The second-order valence-corrected chi connectivity index (χ2v) is 6.46. The van der Waals surface area contributed by atoms with Gasteiger partial charge in [0.15, 0.2) is 0 Å². The van der Waals surface area contributed by atoms with Crippen LogP contribution in [-0.2, 0) is 15.1 Å². The van der Waals surface area contributed by atoms with Gasteiger partial charge >= 0.3 is 0 Å². The normalized spacial score (nSPS) is 22.1. The van der Waals surface area contributed by atoms with Gasteiger partial charge in [0.05, 0.1) is 24.8 Å². The number of benzene rings is 1. The van der Waals surface area contributed by atoms with Crippen molar-refractivity contribution in [3.63, 3.8) is 0 Å². The van der Waals surface area contributed by atoms with Crippen molar-refractivity contribution >= 4 is 5.91 Å². The second-order valence-electron chi connectivity index (χ2n) is 6.46. The highest BCUT2D eigenvalue weighted by atomic mass is 16.5. The molecule has 0 aromatic heterocycles. The van der Waals surface area contributed by atoms with Crippen LogP contribution in [0.15, 0.2) is 24.3 Å². The molecule has 1 saturated heterocycles. The standard InChI is InChI=1S/C18H26N2O2/c1-3-16(20-10-12-22-13-11-20)17(21)19-18(8-9-18)15-7-5-4-6-14(15)2/h4-7,16H,3,8-13H2,1-2H3,(H,19,21). The number of morpholine rings is 1. The van der Waals surface area contributed by atoms with E-state index < -0.39 is 0 Å². The quantitative estimate of drug-likeness (QED) is 0.907. The van der Waals surface area contributed by atoms with E-state index in [1.165, 1.54) is 11.1 Å². The zero-order valence-electron chi connectivity index (χ0n) is 13.6. The van der Waals surface area contributed by atoms with Gasteiger partial charge in [0.2, 0.25) is 5.91 Å². The molecule has 120 valence electrons. The number of nitrogens with zero attached hydrogens (tertiary/aromatic N) is 1.